The number of ether oxygens (including phenoxy) is 1. The number of nitrogens with one attached hydrogen (secondary N) is 1. The SMILES string of the molecule is CC(C)CC(CN)NC(=O)COc1ccc(Br)cc1. The normalized spacial score (nSPS) is 12.3. The largest absolute Gasteiger partial charge is 0.484 e. The predicted octanol–water partition coefficient (Wildman–Crippen LogP) is 2.32. The molecule has 0 saturated carbocycles. The third kappa shape index (κ3) is 6.59. The van der Waals surface area contributed by atoms with E-state index in [0.29, 0.717) is 18.2 Å². The Kier molecular flexibility index (Phi) is 6.87. The average molecular weight is 329 g/mol. The Labute approximate surface area is 122 Å². The number of hydrogen-bond donors (Lipinski definition) is 2. The molecular weight excluding hydrogens is 308 g/mol. The molecule has 0 aliphatic rings. The molecule has 0 fully saturated rings. The summed E-state index contributed by atoms with van der Waals surface area (Å²) in [4.78, 5) is 11.7. The van der Waals surface area contributed by atoms with Crippen molar-refractivity contribution in [1.82, 2.24) is 5.32 Å². The summed E-state index contributed by atoms with van der Waals surface area (Å²) in [6.07, 6.45) is 0.876. The van der Waals surface area contributed by atoms with Crippen LogP contribution in [0.15, 0.2) is 28.7 Å². The first-order valence-corrected chi connectivity index (χ1v) is 7.18. The van der Waals surface area contributed by atoms with Crippen LogP contribution >= 0.6 is 15.9 Å². The number of carbonyl (C=O) groups is 1. The van der Waals surface area contributed by atoms with E-state index in [-0.39, 0.29) is 18.6 Å². The molecule has 4 nitrogen and oxygen atoms in total. The lowest BCUT2D eigenvalue weighted by molar-refractivity contribution is -0.123. The van der Waals surface area contributed by atoms with Crippen LogP contribution in [0, 0.1) is 5.92 Å². The number of amides is 1. The van der Waals surface area contributed by atoms with Crippen molar-refractivity contribution in [2.45, 2.75) is 26.3 Å². The summed E-state index contributed by atoms with van der Waals surface area (Å²) in [7, 11) is 0. The molecule has 0 bridgehead atoms. The first-order valence-electron chi connectivity index (χ1n) is 6.39. The summed E-state index contributed by atoms with van der Waals surface area (Å²) in [5.74, 6) is 1.03. The fourth-order valence-corrected chi connectivity index (χ4v) is 2.00. The minimum Gasteiger partial charge on any atom is -0.484 e. The van der Waals surface area contributed by atoms with Gasteiger partial charge in [-0.3, -0.25) is 4.79 Å². The van der Waals surface area contributed by atoms with E-state index >= 15 is 0 Å². The lowest BCUT2D eigenvalue weighted by Gasteiger charge is -2.18. The number of benzene rings is 1. The van der Waals surface area contributed by atoms with Gasteiger partial charge in [-0.2, -0.15) is 0 Å². The molecule has 5 heteroatoms. The maximum Gasteiger partial charge on any atom is 0.258 e. The van der Waals surface area contributed by atoms with Crippen molar-refractivity contribution in [3.63, 3.8) is 0 Å². The van der Waals surface area contributed by atoms with Crippen LogP contribution in [-0.2, 0) is 4.79 Å². The molecule has 1 unspecified atom stereocenters. The Morgan fingerprint density at radius 3 is 2.53 bits per heavy atom. The number of rotatable bonds is 7. The number of halogens is 1. The zero-order chi connectivity index (χ0) is 14.3. The number of nitrogens with two attached hydrogens (primary N) is 1. The van der Waals surface area contributed by atoms with E-state index in [1.807, 2.05) is 24.3 Å². The van der Waals surface area contributed by atoms with E-state index in [0.717, 1.165) is 10.9 Å². The molecule has 0 aliphatic heterocycles. The fraction of sp³-hybridized carbons (Fsp3) is 0.500. The Hall–Kier alpha value is -1.07. The van der Waals surface area contributed by atoms with Crippen LogP contribution in [0.1, 0.15) is 20.3 Å². The summed E-state index contributed by atoms with van der Waals surface area (Å²) < 4.78 is 6.38. The quantitative estimate of drug-likeness (QED) is 0.807. The summed E-state index contributed by atoms with van der Waals surface area (Å²) in [6.45, 7) is 4.67. The summed E-state index contributed by atoms with van der Waals surface area (Å²) in [5, 5.41) is 2.88. The van der Waals surface area contributed by atoms with Crippen molar-refractivity contribution < 1.29 is 9.53 Å². The van der Waals surface area contributed by atoms with Gasteiger partial charge in [0.1, 0.15) is 5.75 Å². The van der Waals surface area contributed by atoms with Crippen molar-refractivity contribution in [1.29, 1.82) is 0 Å². The molecule has 3 N–H and O–H groups in total. The molecule has 0 spiro atoms. The second-order valence-electron chi connectivity index (χ2n) is 4.87. The van der Waals surface area contributed by atoms with Crippen LogP contribution in [0.5, 0.6) is 5.75 Å². The molecule has 1 rings (SSSR count). The van der Waals surface area contributed by atoms with Crippen molar-refractivity contribution in [2.75, 3.05) is 13.2 Å². The van der Waals surface area contributed by atoms with Gasteiger partial charge in [0.2, 0.25) is 0 Å². The highest BCUT2D eigenvalue weighted by atomic mass is 79.9. The van der Waals surface area contributed by atoms with Gasteiger partial charge in [-0.05, 0) is 36.6 Å². The average Bonchev–Trinajstić information content (AvgIpc) is 2.36. The molecule has 0 aliphatic carbocycles. The zero-order valence-electron chi connectivity index (χ0n) is 11.4. The van der Waals surface area contributed by atoms with Gasteiger partial charge in [-0.15, -0.1) is 0 Å². The Morgan fingerprint density at radius 2 is 2.00 bits per heavy atom. The standard InChI is InChI=1S/C14H21BrN2O2/c1-10(2)7-12(8-16)17-14(18)9-19-13-5-3-11(15)4-6-13/h3-6,10,12H,7-9,16H2,1-2H3,(H,17,18). The summed E-state index contributed by atoms with van der Waals surface area (Å²) in [6, 6.07) is 7.38. The van der Waals surface area contributed by atoms with Crippen LogP contribution in [0.3, 0.4) is 0 Å². The molecule has 0 aromatic heterocycles. The molecule has 1 amide bonds. The van der Waals surface area contributed by atoms with E-state index < -0.39 is 0 Å². The topological polar surface area (TPSA) is 64.3 Å². The van der Waals surface area contributed by atoms with Gasteiger partial charge in [0.05, 0.1) is 0 Å². The molecular formula is C14H21BrN2O2. The molecule has 1 aromatic carbocycles. The van der Waals surface area contributed by atoms with E-state index in [4.69, 9.17) is 10.5 Å². The number of hydrogen-bond acceptors (Lipinski definition) is 3. The van der Waals surface area contributed by atoms with Gasteiger partial charge < -0.3 is 15.8 Å². The van der Waals surface area contributed by atoms with Crippen LogP contribution < -0.4 is 15.8 Å². The highest BCUT2D eigenvalue weighted by molar-refractivity contribution is 9.10. The number of carbonyl (C=O) groups excluding carboxylic acids is 1. The van der Waals surface area contributed by atoms with Crippen molar-refractivity contribution in [3.05, 3.63) is 28.7 Å². The zero-order valence-corrected chi connectivity index (χ0v) is 12.9. The highest BCUT2D eigenvalue weighted by Gasteiger charge is 2.12. The maximum absolute atomic E-state index is 11.7. The van der Waals surface area contributed by atoms with Crippen molar-refractivity contribution in [2.24, 2.45) is 11.7 Å². The van der Waals surface area contributed by atoms with Gasteiger partial charge in [0.25, 0.3) is 5.91 Å². The smallest absolute Gasteiger partial charge is 0.258 e. The molecule has 106 valence electrons. The highest BCUT2D eigenvalue weighted by Crippen LogP contribution is 2.15. The van der Waals surface area contributed by atoms with Gasteiger partial charge >= 0.3 is 0 Å². The van der Waals surface area contributed by atoms with E-state index in [9.17, 15) is 4.79 Å². The van der Waals surface area contributed by atoms with Crippen molar-refractivity contribution in [3.8, 4) is 5.75 Å². The summed E-state index contributed by atoms with van der Waals surface area (Å²) >= 11 is 3.34. The van der Waals surface area contributed by atoms with Crippen LogP contribution in [-0.4, -0.2) is 25.1 Å². The second-order valence-corrected chi connectivity index (χ2v) is 5.79. The van der Waals surface area contributed by atoms with Crippen LogP contribution in [0.4, 0.5) is 0 Å². The van der Waals surface area contributed by atoms with Crippen molar-refractivity contribution >= 4 is 21.8 Å². The van der Waals surface area contributed by atoms with Crippen LogP contribution in [0.25, 0.3) is 0 Å². The lowest BCUT2D eigenvalue weighted by Crippen LogP contribution is -2.43. The molecule has 19 heavy (non-hydrogen) atoms. The minimum absolute atomic E-state index is 0.0101. The van der Waals surface area contributed by atoms with Gasteiger partial charge in [-0.25, -0.2) is 0 Å². The third-order valence-corrected chi connectivity index (χ3v) is 3.12. The molecule has 1 atom stereocenters. The second kappa shape index (κ2) is 8.17. The summed E-state index contributed by atoms with van der Waals surface area (Å²) in [5.41, 5.74) is 5.63. The third-order valence-electron chi connectivity index (χ3n) is 2.59. The fourth-order valence-electron chi connectivity index (χ4n) is 1.73. The van der Waals surface area contributed by atoms with E-state index in [1.165, 1.54) is 0 Å². The first-order chi connectivity index (χ1) is 9.01. The molecule has 0 heterocycles. The first kappa shape index (κ1) is 16.0. The predicted molar refractivity (Wildman–Crippen MR) is 80.1 cm³/mol. The molecule has 0 radical (unpaired) electrons. The maximum atomic E-state index is 11.7. The van der Waals surface area contributed by atoms with Crippen LogP contribution in [0.2, 0.25) is 0 Å². The monoisotopic (exact) mass is 328 g/mol. The minimum atomic E-state index is -0.140. The molecule has 1 aromatic rings. The Bertz CT molecular complexity index is 393. The Balaban J connectivity index is 2.36. The van der Waals surface area contributed by atoms with Gasteiger partial charge in [-0.1, -0.05) is 29.8 Å². The van der Waals surface area contributed by atoms with Gasteiger partial charge in [0, 0.05) is 17.1 Å². The lowest BCUT2D eigenvalue weighted by atomic mass is 10.0. The van der Waals surface area contributed by atoms with E-state index in [2.05, 4.69) is 35.1 Å². The van der Waals surface area contributed by atoms with Gasteiger partial charge in [0.15, 0.2) is 6.61 Å². The molecule has 0 saturated heterocycles. The Morgan fingerprint density at radius 1 is 1.37 bits per heavy atom. The van der Waals surface area contributed by atoms with E-state index in [1.54, 1.807) is 0 Å².